The van der Waals surface area contributed by atoms with Crippen molar-refractivity contribution >= 4 is 21.8 Å². The molecule has 1 aromatic carbocycles. The number of aliphatic hydroxyl groups excluding tert-OH is 1. The van der Waals surface area contributed by atoms with Crippen LogP contribution in [-0.2, 0) is 10.0 Å². The van der Waals surface area contributed by atoms with Crippen LogP contribution in [0, 0.1) is 0 Å². The second-order valence-electron chi connectivity index (χ2n) is 3.96. The fraction of sp³-hybridized carbons (Fsp3) is 0.500. The number of nitrogens with one attached hydrogen (secondary N) is 1. The molecule has 0 unspecified atom stereocenters. The molecule has 1 atom stereocenters. The van der Waals surface area contributed by atoms with Gasteiger partial charge in [-0.15, -0.1) is 11.8 Å². The van der Waals surface area contributed by atoms with Gasteiger partial charge in [0.2, 0.25) is 10.0 Å². The molecule has 4 nitrogen and oxygen atoms in total. The van der Waals surface area contributed by atoms with Gasteiger partial charge in [-0.05, 0) is 30.4 Å². The van der Waals surface area contributed by atoms with Crippen molar-refractivity contribution in [3.8, 4) is 0 Å². The minimum atomic E-state index is -3.26. The molecule has 6 heteroatoms. The molecule has 0 amide bonds. The smallest absolute Gasteiger partial charge is 0.211 e. The molecule has 1 aromatic rings. The van der Waals surface area contributed by atoms with Crippen LogP contribution < -0.4 is 4.72 Å². The summed E-state index contributed by atoms with van der Waals surface area (Å²) in [5.41, 5.74) is 0.715. The van der Waals surface area contributed by atoms with Crippen LogP contribution in [0.15, 0.2) is 29.2 Å². The van der Waals surface area contributed by atoms with Crippen LogP contribution >= 0.6 is 11.8 Å². The molecule has 0 fully saturated rings. The van der Waals surface area contributed by atoms with Crippen LogP contribution in [0.4, 0.5) is 0 Å². The molecule has 0 spiro atoms. The summed E-state index contributed by atoms with van der Waals surface area (Å²) in [6, 6.07) is 7.43. The number of rotatable bonds is 7. The van der Waals surface area contributed by atoms with Crippen LogP contribution in [0.25, 0.3) is 0 Å². The zero-order chi connectivity index (χ0) is 13.6. The maximum atomic E-state index is 11.4. The fourth-order valence-electron chi connectivity index (χ4n) is 1.49. The van der Waals surface area contributed by atoms with E-state index in [0.29, 0.717) is 12.0 Å². The predicted molar refractivity (Wildman–Crippen MR) is 75.3 cm³/mol. The fourth-order valence-corrected chi connectivity index (χ4v) is 2.99. The second-order valence-corrected chi connectivity index (χ2v) is 6.76. The Morgan fingerprint density at radius 2 is 1.94 bits per heavy atom. The Morgan fingerprint density at radius 3 is 2.44 bits per heavy atom. The van der Waals surface area contributed by atoms with Gasteiger partial charge in [0.25, 0.3) is 0 Å². The summed E-state index contributed by atoms with van der Waals surface area (Å²) in [5, 5.41) is 9.88. The lowest BCUT2D eigenvalue weighted by Gasteiger charge is -2.12. The van der Waals surface area contributed by atoms with Gasteiger partial charge in [0, 0.05) is 11.4 Å². The van der Waals surface area contributed by atoms with Gasteiger partial charge >= 0.3 is 0 Å². The predicted octanol–water partition coefficient (Wildman–Crippen LogP) is 1.77. The topological polar surface area (TPSA) is 66.4 Å². The second kappa shape index (κ2) is 7.13. The van der Waals surface area contributed by atoms with E-state index in [-0.39, 0.29) is 12.3 Å². The van der Waals surface area contributed by atoms with Crippen LogP contribution in [0.3, 0.4) is 0 Å². The van der Waals surface area contributed by atoms with Gasteiger partial charge < -0.3 is 5.11 Å². The maximum absolute atomic E-state index is 11.4. The SMILES string of the molecule is CCCS(=O)(=O)NC[C@@H](O)c1ccc(SC)cc1. The minimum absolute atomic E-state index is 0.0148. The van der Waals surface area contributed by atoms with E-state index in [1.807, 2.05) is 30.5 Å². The van der Waals surface area contributed by atoms with Gasteiger partial charge in [0.15, 0.2) is 0 Å². The van der Waals surface area contributed by atoms with E-state index in [0.717, 1.165) is 4.90 Å². The van der Waals surface area contributed by atoms with E-state index in [1.54, 1.807) is 18.7 Å². The summed E-state index contributed by atoms with van der Waals surface area (Å²) >= 11 is 1.62. The molecule has 18 heavy (non-hydrogen) atoms. The van der Waals surface area contributed by atoms with Crippen LogP contribution in [0.5, 0.6) is 0 Å². The summed E-state index contributed by atoms with van der Waals surface area (Å²) in [5.74, 6) is 0.0884. The maximum Gasteiger partial charge on any atom is 0.211 e. The lowest BCUT2D eigenvalue weighted by molar-refractivity contribution is 0.182. The standard InChI is InChI=1S/C12H19NO3S2/c1-3-8-18(15,16)13-9-12(14)10-4-6-11(17-2)7-5-10/h4-7,12-14H,3,8-9H2,1-2H3/t12-/m1/s1. The monoisotopic (exact) mass is 289 g/mol. The summed E-state index contributed by atoms with van der Waals surface area (Å²) in [4.78, 5) is 1.11. The first kappa shape index (κ1) is 15.5. The molecular weight excluding hydrogens is 270 g/mol. The highest BCUT2D eigenvalue weighted by Crippen LogP contribution is 2.18. The Kier molecular flexibility index (Phi) is 6.14. The Morgan fingerprint density at radius 1 is 1.33 bits per heavy atom. The van der Waals surface area contributed by atoms with Crippen molar-refractivity contribution in [3.05, 3.63) is 29.8 Å². The zero-order valence-corrected chi connectivity index (χ0v) is 12.2. The van der Waals surface area contributed by atoms with E-state index in [4.69, 9.17) is 0 Å². The molecule has 0 aliphatic heterocycles. The van der Waals surface area contributed by atoms with E-state index >= 15 is 0 Å². The molecule has 0 aliphatic carbocycles. The van der Waals surface area contributed by atoms with Gasteiger partial charge in [-0.1, -0.05) is 19.1 Å². The average Bonchev–Trinajstić information content (AvgIpc) is 2.36. The van der Waals surface area contributed by atoms with Crippen LogP contribution in [0.2, 0.25) is 0 Å². The van der Waals surface area contributed by atoms with Crippen molar-refractivity contribution < 1.29 is 13.5 Å². The molecule has 102 valence electrons. The van der Waals surface area contributed by atoms with Crippen molar-refractivity contribution in [1.82, 2.24) is 4.72 Å². The van der Waals surface area contributed by atoms with Crippen molar-refractivity contribution in [2.24, 2.45) is 0 Å². The third kappa shape index (κ3) is 4.97. The number of benzene rings is 1. The van der Waals surface area contributed by atoms with E-state index in [1.165, 1.54) is 0 Å². The number of aliphatic hydroxyl groups is 1. The Balaban J connectivity index is 2.57. The highest BCUT2D eigenvalue weighted by Gasteiger charge is 2.13. The van der Waals surface area contributed by atoms with Gasteiger partial charge in [-0.2, -0.15) is 0 Å². The highest BCUT2D eigenvalue weighted by atomic mass is 32.2. The Bertz CT molecular complexity index is 457. The van der Waals surface area contributed by atoms with Gasteiger partial charge in [0.05, 0.1) is 11.9 Å². The quantitative estimate of drug-likeness (QED) is 0.751. The normalized spacial score (nSPS) is 13.5. The molecular formula is C12H19NO3S2. The molecule has 0 heterocycles. The van der Waals surface area contributed by atoms with E-state index < -0.39 is 16.1 Å². The number of hydrogen-bond acceptors (Lipinski definition) is 4. The van der Waals surface area contributed by atoms with Crippen molar-refractivity contribution in [2.45, 2.75) is 24.3 Å². The first-order valence-electron chi connectivity index (χ1n) is 5.78. The summed E-state index contributed by atoms with van der Waals surface area (Å²) in [6.45, 7) is 1.82. The molecule has 0 aromatic heterocycles. The molecule has 0 saturated heterocycles. The lowest BCUT2D eigenvalue weighted by Crippen LogP contribution is -2.30. The first-order valence-corrected chi connectivity index (χ1v) is 8.65. The number of thioether (sulfide) groups is 1. The van der Waals surface area contributed by atoms with Crippen LogP contribution in [-0.4, -0.2) is 32.1 Å². The summed E-state index contributed by atoms with van der Waals surface area (Å²) in [7, 11) is -3.26. The van der Waals surface area contributed by atoms with Gasteiger partial charge in [0.1, 0.15) is 0 Å². The van der Waals surface area contributed by atoms with Crippen molar-refractivity contribution in [3.63, 3.8) is 0 Å². The Hall–Kier alpha value is -0.560. The van der Waals surface area contributed by atoms with Crippen molar-refractivity contribution in [2.75, 3.05) is 18.6 Å². The molecule has 0 saturated carbocycles. The van der Waals surface area contributed by atoms with Crippen LogP contribution in [0.1, 0.15) is 25.0 Å². The number of hydrogen-bond donors (Lipinski definition) is 2. The Labute approximate surface area is 113 Å². The number of sulfonamides is 1. The first-order chi connectivity index (χ1) is 8.48. The van der Waals surface area contributed by atoms with Crippen molar-refractivity contribution in [1.29, 1.82) is 0 Å². The zero-order valence-electron chi connectivity index (χ0n) is 10.6. The summed E-state index contributed by atoms with van der Waals surface area (Å²) < 4.78 is 25.3. The third-order valence-corrected chi connectivity index (χ3v) is 4.77. The van der Waals surface area contributed by atoms with Gasteiger partial charge in [-0.3, -0.25) is 0 Å². The van der Waals surface area contributed by atoms with E-state index in [9.17, 15) is 13.5 Å². The minimum Gasteiger partial charge on any atom is -0.387 e. The highest BCUT2D eigenvalue weighted by molar-refractivity contribution is 7.98. The third-order valence-electron chi connectivity index (χ3n) is 2.47. The molecule has 0 aliphatic rings. The molecule has 0 bridgehead atoms. The average molecular weight is 289 g/mol. The molecule has 0 radical (unpaired) electrons. The molecule has 2 N–H and O–H groups in total. The lowest BCUT2D eigenvalue weighted by atomic mass is 10.1. The van der Waals surface area contributed by atoms with Gasteiger partial charge in [-0.25, -0.2) is 13.1 Å². The van der Waals surface area contributed by atoms with E-state index in [2.05, 4.69) is 4.72 Å². The molecule has 1 rings (SSSR count). The summed E-state index contributed by atoms with van der Waals surface area (Å²) in [6.07, 6.45) is 1.73. The largest absolute Gasteiger partial charge is 0.387 e.